The van der Waals surface area contributed by atoms with Crippen LogP contribution in [0.4, 0.5) is 0 Å². The number of carbonyl (C=O) groups is 2. The third kappa shape index (κ3) is 6.58. The first kappa shape index (κ1) is 21.3. The molecule has 2 heterocycles. The molecule has 30 heavy (non-hydrogen) atoms. The number of ether oxygens (including phenoxy) is 1. The molecule has 3 rings (SSSR count). The number of rotatable bonds is 11. The molecule has 0 aliphatic rings. The Morgan fingerprint density at radius 1 is 0.933 bits per heavy atom. The summed E-state index contributed by atoms with van der Waals surface area (Å²) < 4.78 is 6.54. The summed E-state index contributed by atoms with van der Waals surface area (Å²) in [6, 6.07) is 13.5. The van der Waals surface area contributed by atoms with E-state index in [9.17, 15) is 9.59 Å². The third-order valence-corrected chi connectivity index (χ3v) is 4.49. The Morgan fingerprint density at radius 2 is 1.70 bits per heavy atom. The number of hydrogen-bond acceptors (Lipinski definition) is 7. The van der Waals surface area contributed by atoms with Gasteiger partial charge in [0.1, 0.15) is 5.78 Å². The second-order valence-electron chi connectivity index (χ2n) is 6.94. The summed E-state index contributed by atoms with van der Waals surface area (Å²) in [5.74, 6) is -0.334. The van der Waals surface area contributed by atoms with Crippen molar-refractivity contribution in [1.29, 1.82) is 0 Å². The van der Waals surface area contributed by atoms with Gasteiger partial charge in [0.15, 0.2) is 5.69 Å². The molecule has 8 heteroatoms. The van der Waals surface area contributed by atoms with E-state index in [1.165, 1.54) is 0 Å². The Labute approximate surface area is 175 Å². The highest BCUT2D eigenvalue weighted by Gasteiger charge is 2.11. The van der Waals surface area contributed by atoms with E-state index in [0.717, 1.165) is 30.5 Å². The van der Waals surface area contributed by atoms with Crippen molar-refractivity contribution < 1.29 is 14.3 Å². The van der Waals surface area contributed by atoms with Gasteiger partial charge in [-0.1, -0.05) is 35.5 Å². The van der Waals surface area contributed by atoms with Crippen molar-refractivity contribution in [3.05, 3.63) is 71.3 Å². The van der Waals surface area contributed by atoms with Gasteiger partial charge in [0.2, 0.25) is 0 Å². The predicted octanol–water partition coefficient (Wildman–Crippen LogP) is 2.62. The molecule has 1 aromatic carbocycles. The number of Topliss-reactive ketones (excluding diaryl/α,β-unsaturated/α-hetero) is 1. The van der Waals surface area contributed by atoms with Crippen LogP contribution in [0, 0.1) is 0 Å². The second kappa shape index (κ2) is 10.9. The van der Waals surface area contributed by atoms with Crippen LogP contribution in [0.15, 0.2) is 48.7 Å². The minimum absolute atomic E-state index is 0.123. The van der Waals surface area contributed by atoms with Crippen molar-refractivity contribution in [2.24, 2.45) is 0 Å². The molecule has 0 radical (unpaired) electrons. The number of ketones is 1. The van der Waals surface area contributed by atoms with E-state index in [-0.39, 0.29) is 17.9 Å². The molecule has 0 bridgehead atoms. The average molecular weight is 407 g/mol. The summed E-state index contributed by atoms with van der Waals surface area (Å²) in [6.07, 6.45) is 4.84. The van der Waals surface area contributed by atoms with Crippen molar-refractivity contribution in [1.82, 2.24) is 25.2 Å². The second-order valence-corrected chi connectivity index (χ2v) is 6.94. The molecule has 156 valence electrons. The summed E-state index contributed by atoms with van der Waals surface area (Å²) >= 11 is 0. The number of carbonyl (C=O) groups excluding carboxylic acids is 2. The lowest BCUT2D eigenvalue weighted by Crippen LogP contribution is -2.09. The number of unbranched alkanes of at least 4 members (excludes halogenated alkanes) is 1. The number of aromatic nitrogens is 5. The van der Waals surface area contributed by atoms with E-state index in [1.807, 2.05) is 42.5 Å². The summed E-state index contributed by atoms with van der Waals surface area (Å²) in [4.78, 5) is 23.8. The van der Waals surface area contributed by atoms with Crippen molar-refractivity contribution in [3.63, 3.8) is 0 Å². The van der Waals surface area contributed by atoms with Crippen LogP contribution in [0.25, 0.3) is 0 Å². The van der Waals surface area contributed by atoms with Crippen LogP contribution in [0.1, 0.15) is 47.2 Å². The van der Waals surface area contributed by atoms with Crippen LogP contribution in [-0.4, -0.2) is 43.6 Å². The van der Waals surface area contributed by atoms with Crippen LogP contribution in [0.3, 0.4) is 0 Å². The fourth-order valence-electron chi connectivity index (χ4n) is 2.99. The van der Waals surface area contributed by atoms with Gasteiger partial charge >= 0.3 is 5.97 Å². The Hall–Kier alpha value is -3.42. The molecule has 2 aromatic heterocycles. The van der Waals surface area contributed by atoms with E-state index in [4.69, 9.17) is 4.74 Å². The minimum atomic E-state index is -0.457. The standard InChI is InChI=1S/C22H25N5O3/c1-2-30-22(29)21-16-27(26-25-21)13-7-6-10-18-11-12-19(24-23-18)15-20(28)14-17-8-4-3-5-9-17/h3-5,8-9,11-12,16H,2,6-7,10,13-15H2,1H3. The number of esters is 1. The molecular formula is C22H25N5O3. The molecule has 0 unspecified atom stereocenters. The van der Waals surface area contributed by atoms with Crippen molar-refractivity contribution >= 4 is 11.8 Å². The molecule has 0 saturated heterocycles. The fraction of sp³-hybridized carbons (Fsp3) is 0.364. The van der Waals surface area contributed by atoms with E-state index in [1.54, 1.807) is 17.8 Å². The first-order valence-corrected chi connectivity index (χ1v) is 10.1. The maximum absolute atomic E-state index is 12.2. The minimum Gasteiger partial charge on any atom is -0.461 e. The van der Waals surface area contributed by atoms with Gasteiger partial charge in [-0.25, -0.2) is 4.79 Å². The maximum Gasteiger partial charge on any atom is 0.360 e. The van der Waals surface area contributed by atoms with Crippen LogP contribution in [0.5, 0.6) is 0 Å². The first-order valence-electron chi connectivity index (χ1n) is 10.1. The number of aryl methyl sites for hydroxylation is 2. The van der Waals surface area contributed by atoms with E-state index in [0.29, 0.717) is 25.3 Å². The monoisotopic (exact) mass is 407 g/mol. The fourth-order valence-corrected chi connectivity index (χ4v) is 2.99. The summed E-state index contributed by atoms with van der Waals surface area (Å²) in [7, 11) is 0. The predicted molar refractivity (Wildman–Crippen MR) is 110 cm³/mol. The topological polar surface area (TPSA) is 99.9 Å². The molecular weight excluding hydrogens is 382 g/mol. The molecule has 3 aromatic rings. The summed E-state index contributed by atoms with van der Waals surface area (Å²) in [6.45, 7) is 2.72. The highest BCUT2D eigenvalue weighted by atomic mass is 16.5. The zero-order valence-electron chi connectivity index (χ0n) is 17.0. The van der Waals surface area contributed by atoms with Gasteiger partial charge in [0, 0.05) is 13.0 Å². The Bertz CT molecular complexity index is 954. The smallest absolute Gasteiger partial charge is 0.360 e. The zero-order chi connectivity index (χ0) is 21.2. The van der Waals surface area contributed by atoms with E-state index in [2.05, 4.69) is 20.5 Å². The molecule has 0 spiro atoms. The van der Waals surface area contributed by atoms with Gasteiger partial charge in [-0.3, -0.25) is 9.48 Å². The highest BCUT2D eigenvalue weighted by molar-refractivity contribution is 5.86. The Kier molecular flexibility index (Phi) is 7.77. The normalized spacial score (nSPS) is 10.7. The van der Waals surface area contributed by atoms with Crippen LogP contribution < -0.4 is 0 Å². The quantitative estimate of drug-likeness (QED) is 0.356. The van der Waals surface area contributed by atoms with Gasteiger partial charge in [-0.15, -0.1) is 5.10 Å². The molecule has 0 atom stereocenters. The van der Waals surface area contributed by atoms with E-state index >= 15 is 0 Å². The largest absolute Gasteiger partial charge is 0.461 e. The van der Waals surface area contributed by atoms with Crippen molar-refractivity contribution in [3.8, 4) is 0 Å². The Morgan fingerprint density at radius 3 is 2.43 bits per heavy atom. The van der Waals surface area contributed by atoms with Crippen LogP contribution >= 0.6 is 0 Å². The van der Waals surface area contributed by atoms with Gasteiger partial charge < -0.3 is 4.74 Å². The molecule has 0 amide bonds. The van der Waals surface area contributed by atoms with Crippen molar-refractivity contribution in [2.75, 3.05) is 6.61 Å². The Balaban J connectivity index is 1.38. The van der Waals surface area contributed by atoms with Gasteiger partial charge in [0.05, 0.1) is 30.6 Å². The average Bonchev–Trinajstić information content (AvgIpc) is 3.22. The number of benzene rings is 1. The zero-order valence-corrected chi connectivity index (χ0v) is 17.0. The van der Waals surface area contributed by atoms with Gasteiger partial charge in [-0.2, -0.15) is 10.2 Å². The first-order chi connectivity index (χ1) is 14.6. The molecule has 0 aliphatic carbocycles. The maximum atomic E-state index is 12.2. The number of hydrogen-bond donors (Lipinski definition) is 0. The lowest BCUT2D eigenvalue weighted by Gasteiger charge is -2.03. The summed E-state index contributed by atoms with van der Waals surface area (Å²) in [5.41, 5.74) is 2.81. The summed E-state index contributed by atoms with van der Waals surface area (Å²) in [5, 5.41) is 16.2. The lowest BCUT2D eigenvalue weighted by atomic mass is 10.1. The van der Waals surface area contributed by atoms with Gasteiger partial charge in [-0.05, 0) is 43.9 Å². The third-order valence-electron chi connectivity index (χ3n) is 4.49. The number of nitrogens with zero attached hydrogens (tertiary/aromatic N) is 5. The van der Waals surface area contributed by atoms with Crippen LogP contribution in [0.2, 0.25) is 0 Å². The molecule has 0 fully saturated rings. The van der Waals surface area contributed by atoms with E-state index < -0.39 is 5.97 Å². The lowest BCUT2D eigenvalue weighted by molar-refractivity contribution is -0.117. The van der Waals surface area contributed by atoms with Crippen LogP contribution in [-0.2, 0) is 35.3 Å². The van der Waals surface area contributed by atoms with Crippen molar-refractivity contribution in [2.45, 2.75) is 45.6 Å². The molecule has 8 nitrogen and oxygen atoms in total. The molecule has 0 aliphatic heterocycles. The highest BCUT2D eigenvalue weighted by Crippen LogP contribution is 2.07. The van der Waals surface area contributed by atoms with Gasteiger partial charge in [0.25, 0.3) is 0 Å². The molecule has 0 saturated carbocycles. The molecule has 0 N–H and O–H groups in total. The SMILES string of the molecule is CCOC(=O)c1cn(CCCCc2ccc(CC(=O)Cc3ccccc3)nn2)nn1.